The summed E-state index contributed by atoms with van der Waals surface area (Å²) in [6, 6.07) is 8.39. The predicted molar refractivity (Wildman–Crippen MR) is 97.7 cm³/mol. The largest absolute Gasteiger partial charge is 0.497 e. The Morgan fingerprint density at radius 2 is 2.00 bits per heavy atom. The van der Waals surface area contributed by atoms with E-state index in [4.69, 9.17) is 15.2 Å². The highest BCUT2D eigenvalue weighted by molar-refractivity contribution is 5.79. The molecule has 5 nitrogen and oxygen atoms in total. The van der Waals surface area contributed by atoms with Gasteiger partial charge in [-0.3, -0.25) is 4.79 Å². The van der Waals surface area contributed by atoms with Crippen molar-refractivity contribution in [2.24, 2.45) is 11.7 Å². The zero-order valence-corrected chi connectivity index (χ0v) is 15.1. The molecule has 1 amide bonds. The molecule has 1 aromatic carbocycles. The van der Waals surface area contributed by atoms with Crippen LogP contribution in [0.3, 0.4) is 0 Å². The number of hydrogen-bond acceptors (Lipinski definition) is 4. The third-order valence-corrected chi connectivity index (χ3v) is 5.84. The lowest BCUT2D eigenvalue weighted by Gasteiger charge is -2.38. The van der Waals surface area contributed by atoms with Gasteiger partial charge in [0.2, 0.25) is 5.91 Å². The van der Waals surface area contributed by atoms with Crippen molar-refractivity contribution in [3.63, 3.8) is 0 Å². The van der Waals surface area contributed by atoms with Gasteiger partial charge in [0.1, 0.15) is 5.75 Å². The van der Waals surface area contributed by atoms with Crippen LogP contribution in [-0.2, 0) is 14.9 Å². The molecule has 2 atom stereocenters. The maximum absolute atomic E-state index is 12.6. The summed E-state index contributed by atoms with van der Waals surface area (Å²) < 4.78 is 10.8. The van der Waals surface area contributed by atoms with E-state index in [-0.39, 0.29) is 23.3 Å². The van der Waals surface area contributed by atoms with E-state index in [0.29, 0.717) is 6.54 Å². The van der Waals surface area contributed by atoms with Gasteiger partial charge in [0.05, 0.1) is 7.11 Å². The van der Waals surface area contributed by atoms with Crippen LogP contribution in [0.1, 0.15) is 44.1 Å². The number of hydrogen-bond donors (Lipinski definition) is 2. The zero-order valence-electron chi connectivity index (χ0n) is 15.1. The van der Waals surface area contributed by atoms with Crippen molar-refractivity contribution in [2.75, 3.05) is 26.9 Å². The highest BCUT2D eigenvalue weighted by atomic mass is 16.5. The van der Waals surface area contributed by atoms with Gasteiger partial charge in [-0.15, -0.1) is 0 Å². The van der Waals surface area contributed by atoms with Crippen LogP contribution in [0.4, 0.5) is 0 Å². The fraction of sp³-hybridized carbons (Fsp3) is 0.650. The van der Waals surface area contributed by atoms with Crippen molar-refractivity contribution in [3.8, 4) is 5.75 Å². The number of nitrogens with two attached hydrogens (primary N) is 1. The monoisotopic (exact) mass is 346 g/mol. The molecule has 2 fully saturated rings. The third kappa shape index (κ3) is 4.33. The maximum Gasteiger partial charge on any atom is 0.223 e. The third-order valence-electron chi connectivity index (χ3n) is 5.84. The lowest BCUT2D eigenvalue weighted by molar-refractivity contribution is -0.126. The number of carbonyl (C=O) groups is 1. The molecule has 1 aromatic rings. The van der Waals surface area contributed by atoms with Crippen LogP contribution >= 0.6 is 0 Å². The molecule has 3 rings (SSSR count). The second kappa shape index (κ2) is 8.19. The van der Waals surface area contributed by atoms with Crippen molar-refractivity contribution in [1.29, 1.82) is 0 Å². The molecule has 0 radical (unpaired) electrons. The molecule has 3 N–H and O–H groups in total. The van der Waals surface area contributed by atoms with Gasteiger partial charge in [-0.2, -0.15) is 0 Å². The van der Waals surface area contributed by atoms with E-state index < -0.39 is 0 Å². The molecule has 1 aliphatic heterocycles. The highest BCUT2D eigenvalue weighted by Gasteiger charge is 2.36. The predicted octanol–water partition coefficient (Wildman–Crippen LogP) is 2.38. The Bertz CT molecular complexity index is 567. The molecule has 138 valence electrons. The van der Waals surface area contributed by atoms with Crippen LogP contribution in [0.2, 0.25) is 0 Å². The Kier molecular flexibility index (Phi) is 5.97. The molecule has 5 heteroatoms. The Hall–Kier alpha value is -1.59. The molecule has 1 aliphatic carbocycles. The number of ether oxygens (including phenoxy) is 2. The van der Waals surface area contributed by atoms with Gasteiger partial charge in [-0.05, 0) is 49.8 Å². The van der Waals surface area contributed by atoms with E-state index in [2.05, 4.69) is 17.4 Å². The van der Waals surface area contributed by atoms with Crippen LogP contribution in [0, 0.1) is 5.92 Å². The Labute approximate surface area is 150 Å². The summed E-state index contributed by atoms with van der Waals surface area (Å²) in [7, 11) is 1.67. The van der Waals surface area contributed by atoms with Gasteiger partial charge in [0, 0.05) is 37.1 Å². The van der Waals surface area contributed by atoms with Gasteiger partial charge in [-0.25, -0.2) is 0 Å². The van der Waals surface area contributed by atoms with E-state index in [1.165, 1.54) is 5.56 Å². The molecule has 1 saturated heterocycles. The zero-order chi connectivity index (χ0) is 17.7. The lowest BCUT2D eigenvalue weighted by Crippen LogP contribution is -2.47. The first-order valence-electron chi connectivity index (χ1n) is 9.38. The lowest BCUT2D eigenvalue weighted by atomic mass is 9.74. The average Bonchev–Trinajstić information content (AvgIpc) is 2.67. The summed E-state index contributed by atoms with van der Waals surface area (Å²) in [5.41, 5.74) is 7.23. The van der Waals surface area contributed by atoms with E-state index in [1.54, 1.807) is 7.11 Å². The highest BCUT2D eigenvalue weighted by Crippen LogP contribution is 2.35. The molecule has 0 aromatic heterocycles. The minimum atomic E-state index is -0.0586. The summed E-state index contributed by atoms with van der Waals surface area (Å²) in [6.45, 7) is 2.12. The summed E-state index contributed by atoms with van der Waals surface area (Å²) in [4.78, 5) is 12.6. The van der Waals surface area contributed by atoms with E-state index in [0.717, 1.165) is 57.5 Å². The van der Waals surface area contributed by atoms with E-state index in [9.17, 15) is 4.79 Å². The summed E-state index contributed by atoms with van der Waals surface area (Å²) in [6.07, 6.45) is 5.70. The number of amides is 1. The number of benzene rings is 1. The number of rotatable bonds is 5. The minimum absolute atomic E-state index is 0.0586. The fourth-order valence-corrected chi connectivity index (χ4v) is 4.14. The van der Waals surface area contributed by atoms with Crippen LogP contribution in [-0.4, -0.2) is 38.8 Å². The Balaban J connectivity index is 1.68. The smallest absolute Gasteiger partial charge is 0.223 e. The number of methoxy groups -OCH3 is 1. The minimum Gasteiger partial charge on any atom is -0.497 e. The molecule has 0 bridgehead atoms. The number of carbonyl (C=O) groups excluding carboxylic acids is 1. The normalized spacial score (nSPS) is 26.0. The number of nitrogens with one attached hydrogen (secondary N) is 1. The van der Waals surface area contributed by atoms with Crippen molar-refractivity contribution in [3.05, 3.63) is 29.8 Å². The van der Waals surface area contributed by atoms with Crippen LogP contribution in [0.5, 0.6) is 5.75 Å². The standard InChI is InChI=1S/C20H30N2O3/c1-24-18-7-5-16(6-8-18)20(9-11-25-12-10-20)14-22-19(23)15-3-2-4-17(21)13-15/h5-8,15,17H,2-4,9-14,21H2,1H3,(H,22,23). The van der Waals surface area contributed by atoms with Gasteiger partial charge < -0.3 is 20.5 Å². The first kappa shape index (κ1) is 18.2. The molecular formula is C20H30N2O3. The topological polar surface area (TPSA) is 73.6 Å². The summed E-state index contributed by atoms with van der Waals surface area (Å²) in [5.74, 6) is 1.08. The van der Waals surface area contributed by atoms with Crippen LogP contribution in [0.25, 0.3) is 0 Å². The Morgan fingerprint density at radius 1 is 1.28 bits per heavy atom. The quantitative estimate of drug-likeness (QED) is 0.858. The molecule has 25 heavy (non-hydrogen) atoms. The van der Waals surface area contributed by atoms with Crippen LogP contribution < -0.4 is 15.8 Å². The first-order valence-corrected chi connectivity index (χ1v) is 9.38. The molecule has 1 heterocycles. The molecule has 0 spiro atoms. The second-order valence-electron chi connectivity index (χ2n) is 7.46. The molecule has 2 aliphatic rings. The SMILES string of the molecule is COc1ccc(C2(CNC(=O)C3CCCC(N)C3)CCOCC2)cc1. The van der Waals surface area contributed by atoms with Gasteiger partial charge >= 0.3 is 0 Å². The molecule has 1 saturated carbocycles. The molecule has 2 unspecified atom stereocenters. The first-order chi connectivity index (χ1) is 12.1. The summed E-state index contributed by atoms with van der Waals surface area (Å²) >= 11 is 0. The van der Waals surface area contributed by atoms with Crippen LogP contribution in [0.15, 0.2) is 24.3 Å². The van der Waals surface area contributed by atoms with Gasteiger partial charge in [0.25, 0.3) is 0 Å². The van der Waals surface area contributed by atoms with E-state index >= 15 is 0 Å². The van der Waals surface area contributed by atoms with Gasteiger partial charge in [0.15, 0.2) is 0 Å². The van der Waals surface area contributed by atoms with Crippen molar-refractivity contribution in [1.82, 2.24) is 5.32 Å². The van der Waals surface area contributed by atoms with Crippen molar-refractivity contribution >= 4 is 5.91 Å². The average molecular weight is 346 g/mol. The Morgan fingerprint density at radius 3 is 2.64 bits per heavy atom. The van der Waals surface area contributed by atoms with Crippen molar-refractivity contribution < 1.29 is 14.3 Å². The molecular weight excluding hydrogens is 316 g/mol. The van der Waals surface area contributed by atoms with Crippen molar-refractivity contribution in [2.45, 2.75) is 50.0 Å². The second-order valence-corrected chi connectivity index (χ2v) is 7.46. The van der Waals surface area contributed by atoms with E-state index in [1.807, 2.05) is 12.1 Å². The van der Waals surface area contributed by atoms with Gasteiger partial charge in [-0.1, -0.05) is 18.6 Å². The maximum atomic E-state index is 12.6. The summed E-state index contributed by atoms with van der Waals surface area (Å²) in [5, 5.41) is 3.23. The fourth-order valence-electron chi connectivity index (χ4n) is 4.14.